The van der Waals surface area contributed by atoms with Crippen LogP contribution in [-0.2, 0) is 4.79 Å². The van der Waals surface area contributed by atoms with E-state index >= 15 is 0 Å². The molecule has 0 bridgehead atoms. The summed E-state index contributed by atoms with van der Waals surface area (Å²) in [4.78, 5) is 18.2. The summed E-state index contributed by atoms with van der Waals surface area (Å²) in [5.74, 6) is 0.0969. The largest absolute Gasteiger partial charge is 0.301 e. The van der Waals surface area contributed by atoms with Crippen molar-refractivity contribution in [2.75, 3.05) is 39.3 Å². The molecule has 1 saturated heterocycles. The Kier molecular flexibility index (Phi) is 6.77. The maximum absolute atomic E-state index is 13.5. The van der Waals surface area contributed by atoms with Crippen molar-refractivity contribution >= 4 is 11.6 Å². The topological polar surface area (TPSA) is 39.1 Å². The zero-order valence-corrected chi connectivity index (χ0v) is 20.2. The Morgan fingerprint density at radius 1 is 0.906 bits per heavy atom. The molecule has 0 spiro atoms. The second kappa shape index (κ2) is 9.55. The van der Waals surface area contributed by atoms with Crippen LogP contribution >= 0.6 is 0 Å². The Morgan fingerprint density at radius 3 is 2.28 bits per heavy atom. The molecule has 0 radical (unpaired) electrons. The molecular weight excluding hydrogens is 396 g/mol. The monoisotopic (exact) mass is 432 g/mol. The number of hydrogen-bond acceptors (Lipinski definition) is 4. The summed E-state index contributed by atoms with van der Waals surface area (Å²) in [7, 11) is 0. The molecule has 2 aliphatic heterocycles. The van der Waals surface area contributed by atoms with E-state index in [4.69, 9.17) is 5.10 Å². The highest BCUT2D eigenvalue weighted by Crippen LogP contribution is 2.35. The van der Waals surface area contributed by atoms with E-state index in [0.29, 0.717) is 6.54 Å². The highest BCUT2D eigenvalue weighted by molar-refractivity contribution is 6.03. The first kappa shape index (κ1) is 22.7. The molecule has 170 valence electrons. The number of hydrogen-bond donors (Lipinski definition) is 0. The Bertz CT molecular complexity index is 1020. The van der Waals surface area contributed by atoms with Crippen molar-refractivity contribution < 1.29 is 4.79 Å². The molecule has 2 heterocycles. The van der Waals surface area contributed by atoms with Crippen LogP contribution < -0.4 is 0 Å². The van der Waals surface area contributed by atoms with Crippen molar-refractivity contribution in [1.29, 1.82) is 0 Å². The fourth-order valence-electron chi connectivity index (χ4n) is 4.72. The van der Waals surface area contributed by atoms with Crippen LogP contribution in [0.15, 0.2) is 41.5 Å². The third-order valence-electron chi connectivity index (χ3n) is 7.07. The molecule has 4 rings (SSSR count). The zero-order chi connectivity index (χ0) is 22.8. The molecule has 1 atom stereocenters. The SMILES string of the molecule is CCN1CCN(CC(=O)N2N=C(c3ccc(C)c(C)c3)CC2c2cc(C)ccc2C)CC1. The lowest BCUT2D eigenvalue weighted by Crippen LogP contribution is -2.49. The highest BCUT2D eigenvalue weighted by atomic mass is 16.2. The first-order valence-corrected chi connectivity index (χ1v) is 11.8. The molecule has 5 heteroatoms. The van der Waals surface area contributed by atoms with Gasteiger partial charge in [0.1, 0.15) is 0 Å². The van der Waals surface area contributed by atoms with Crippen LogP contribution in [-0.4, -0.2) is 65.7 Å². The van der Waals surface area contributed by atoms with Gasteiger partial charge in [0, 0.05) is 32.6 Å². The van der Waals surface area contributed by atoms with Crippen LogP contribution in [0.2, 0.25) is 0 Å². The minimum absolute atomic E-state index is 0.0454. The lowest BCUT2D eigenvalue weighted by Gasteiger charge is -2.34. The van der Waals surface area contributed by atoms with Gasteiger partial charge in [0.2, 0.25) is 0 Å². The van der Waals surface area contributed by atoms with Gasteiger partial charge in [-0.1, -0.05) is 42.8 Å². The number of amides is 1. The molecule has 5 nitrogen and oxygen atoms in total. The van der Waals surface area contributed by atoms with Crippen molar-refractivity contribution in [3.8, 4) is 0 Å². The van der Waals surface area contributed by atoms with Gasteiger partial charge in [-0.05, 0) is 68.1 Å². The van der Waals surface area contributed by atoms with Gasteiger partial charge in [-0.2, -0.15) is 5.10 Å². The van der Waals surface area contributed by atoms with Gasteiger partial charge in [-0.3, -0.25) is 9.69 Å². The number of nitrogens with zero attached hydrogens (tertiary/aromatic N) is 4. The molecule has 1 amide bonds. The first-order chi connectivity index (χ1) is 15.4. The standard InChI is InChI=1S/C27H36N4O/c1-6-29-11-13-30(14-12-29)18-27(32)31-26(24-15-19(2)7-8-21(24)4)17-25(28-31)23-10-9-20(3)22(5)16-23/h7-10,15-16,26H,6,11-14,17-18H2,1-5H3. The van der Waals surface area contributed by atoms with Gasteiger partial charge >= 0.3 is 0 Å². The molecule has 32 heavy (non-hydrogen) atoms. The van der Waals surface area contributed by atoms with Crippen LogP contribution in [0.3, 0.4) is 0 Å². The Balaban J connectivity index is 1.61. The highest BCUT2D eigenvalue weighted by Gasteiger charge is 2.35. The molecule has 1 unspecified atom stereocenters. The van der Waals surface area contributed by atoms with Crippen molar-refractivity contribution in [3.63, 3.8) is 0 Å². The summed E-state index contributed by atoms with van der Waals surface area (Å²) in [6.07, 6.45) is 0.752. The number of benzene rings is 2. The van der Waals surface area contributed by atoms with E-state index in [0.717, 1.165) is 50.4 Å². The van der Waals surface area contributed by atoms with E-state index in [1.807, 2.05) is 0 Å². The maximum atomic E-state index is 13.5. The second-order valence-electron chi connectivity index (χ2n) is 9.37. The summed E-state index contributed by atoms with van der Waals surface area (Å²) in [5, 5.41) is 6.69. The predicted octanol–water partition coefficient (Wildman–Crippen LogP) is 4.24. The quantitative estimate of drug-likeness (QED) is 0.710. The number of rotatable bonds is 5. The van der Waals surface area contributed by atoms with Crippen molar-refractivity contribution in [1.82, 2.24) is 14.8 Å². The average Bonchev–Trinajstić information content (AvgIpc) is 3.23. The zero-order valence-electron chi connectivity index (χ0n) is 20.2. The van der Waals surface area contributed by atoms with Crippen molar-refractivity contribution in [2.24, 2.45) is 5.10 Å². The van der Waals surface area contributed by atoms with Crippen molar-refractivity contribution in [3.05, 3.63) is 69.8 Å². The Hall–Kier alpha value is -2.50. The van der Waals surface area contributed by atoms with Gasteiger partial charge in [0.15, 0.2) is 0 Å². The number of carbonyl (C=O) groups excluding carboxylic acids is 1. The number of likely N-dealkylation sites (N-methyl/N-ethyl adjacent to an activating group) is 1. The molecule has 1 fully saturated rings. The summed E-state index contributed by atoms with van der Waals surface area (Å²) >= 11 is 0. The smallest absolute Gasteiger partial charge is 0.257 e. The van der Waals surface area contributed by atoms with Crippen LogP contribution in [0.4, 0.5) is 0 Å². The minimum atomic E-state index is -0.0454. The average molecular weight is 433 g/mol. The van der Waals surface area contributed by atoms with Gasteiger partial charge < -0.3 is 4.90 Å². The fourth-order valence-corrected chi connectivity index (χ4v) is 4.72. The predicted molar refractivity (Wildman–Crippen MR) is 131 cm³/mol. The third kappa shape index (κ3) is 4.79. The number of hydrazone groups is 1. The third-order valence-corrected chi connectivity index (χ3v) is 7.07. The summed E-state index contributed by atoms with van der Waals surface area (Å²) in [6, 6.07) is 13.0. The van der Waals surface area contributed by atoms with E-state index in [2.05, 4.69) is 80.8 Å². The van der Waals surface area contributed by atoms with E-state index in [9.17, 15) is 4.79 Å². The number of piperazine rings is 1. The van der Waals surface area contributed by atoms with E-state index < -0.39 is 0 Å². The van der Waals surface area contributed by atoms with E-state index in [1.54, 1.807) is 5.01 Å². The molecule has 0 aromatic heterocycles. The second-order valence-corrected chi connectivity index (χ2v) is 9.37. The molecule has 2 aliphatic rings. The number of aryl methyl sites for hydroxylation is 4. The summed E-state index contributed by atoms with van der Waals surface area (Å²) in [6.45, 7) is 16.2. The Morgan fingerprint density at radius 2 is 1.59 bits per heavy atom. The summed E-state index contributed by atoms with van der Waals surface area (Å²) < 4.78 is 0. The molecule has 0 saturated carbocycles. The van der Waals surface area contributed by atoms with Gasteiger partial charge in [0.05, 0.1) is 18.3 Å². The molecule has 2 aromatic carbocycles. The normalized spacial score (nSPS) is 20.0. The number of carbonyl (C=O) groups is 1. The molecular formula is C27H36N4O. The van der Waals surface area contributed by atoms with Gasteiger partial charge in [0.25, 0.3) is 5.91 Å². The van der Waals surface area contributed by atoms with E-state index in [-0.39, 0.29) is 11.9 Å². The molecule has 0 N–H and O–H groups in total. The van der Waals surface area contributed by atoms with Gasteiger partial charge in [-0.15, -0.1) is 0 Å². The van der Waals surface area contributed by atoms with Gasteiger partial charge in [-0.25, -0.2) is 5.01 Å². The van der Waals surface area contributed by atoms with Crippen molar-refractivity contribution in [2.45, 2.75) is 47.1 Å². The Labute approximate surface area is 192 Å². The fraction of sp³-hybridized carbons (Fsp3) is 0.481. The molecule has 0 aliphatic carbocycles. The maximum Gasteiger partial charge on any atom is 0.257 e. The van der Waals surface area contributed by atoms with Crippen LogP contribution in [0.1, 0.15) is 52.8 Å². The molecule has 2 aromatic rings. The summed E-state index contributed by atoms with van der Waals surface area (Å²) in [5.41, 5.74) is 8.29. The van der Waals surface area contributed by atoms with E-state index in [1.165, 1.54) is 27.8 Å². The van der Waals surface area contributed by atoms with Crippen LogP contribution in [0, 0.1) is 27.7 Å². The lowest BCUT2D eigenvalue weighted by atomic mass is 9.93. The first-order valence-electron chi connectivity index (χ1n) is 11.8. The lowest BCUT2D eigenvalue weighted by molar-refractivity contribution is -0.134. The van der Waals surface area contributed by atoms with Crippen LogP contribution in [0.5, 0.6) is 0 Å². The van der Waals surface area contributed by atoms with Crippen LogP contribution in [0.25, 0.3) is 0 Å². The minimum Gasteiger partial charge on any atom is -0.301 e.